The summed E-state index contributed by atoms with van der Waals surface area (Å²) in [6, 6.07) is 2.03. The summed E-state index contributed by atoms with van der Waals surface area (Å²) >= 11 is 0. The predicted molar refractivity (Wildman–Crippen MR) is 124 cm³/mol. The summed E-state index contributed by atoms with van der Waals surface area (Å²) in [6.07, 6.45) is 3.77. The van der Waals surface area contributed by atoms with Crippen molar-refractivity contribution in [2.24, 2.45) is 5.73 Å². The number of piperidine rings is 2. The first-order chi connectivity index (χ1) is 16.7. The zero-order valence-electron chi connectivity index (χ0n) is 19.7. The lowest BCUT2D eigenvalue weighted by molar-refractivity contribution is -0.137. The summed E-state index contributed by atoms with van der Waals surface area (Å²) < 4.78 is 52.7. The summed E-state index contributed by atoms with van der Waals surface area (Å²) in [5.41, 5.74) is 4.71. The SMILES string of the molecule is CNc1ncnc(N2CCCCC2c2ccc(C(F)(F)F)cn2)c1F.NC(=O)CN1CCCCC1. The molecule has 2 aliphatic rings. The van der Waals surface area contributed by atoms with Crippen LogP contribution in [-0.4, -0.2) is 59.0 Å². The predicted octanol–water partition coefficient (Wildman–Crippen LogP) is 3.76. The number of alkyl halides is 3. The normalized spacial score (nSPS) is 19.0. The second-order valence-corrected chi connectivity index (χ2v) is 8.59. The smallest absolute Gasteiger partial charge is 0.371 e. The van der Waals surface area contributed by atoms with Crippen molar-refractivity contribution in [3.63, 3.8) is 0 Å². The van der Waals surface area contributed by atoms with Gasteiger partial charge in [-0.1, -0.05) is 6.42 Å². The molecule has 0 aliphatic carbocycles. The zero-order chi connectivity index (χ0) is 25.4. The first-order valence-electron chi connectivity index (χ1n) is 11.7. The summed E-state index contributed by atoms with van der Waals surface area (Å²) in [4.78, 5) is 26.1. The lowest BCUT2D eigenvalue weighted by atomic mass is 9.98. The molecule has 8 nitrogen and oxygen atoms in total. The van der Waals surface area contributed by atoms with Crippen molar-refractivity contribution >= 4 is 17.5 Å². The number of nitrogens with one attached hydrogen (secondary N) is 1. The summed E-state index contributed by atoms with van der Waals surface area (Å²) in [5.74, 6) is -0.578. The minimum Gasteiger partial charge on any atom is -0.371 e. The minimum atomic E-state index is -4.43. The molecule has 2 saturated heterocycles. The van der Waals surface area contributed by atoms with Gasteiger partial charge in [0.2, 0.25) is 11.7 Å². The van der Waals surface area contributed by atoms with Gasteiger partial charge in [-0.25, -0.2) is 9.97 Å². The van der Waals surface area contributed by atoms with E-state index in [0.29, 0.717) is 25.2 Å². The Morgan fingerprint density at radius 2 is 1.80 bits per heavy atom. The second kappa shape index (κ2) is 12.1. The van der Waals surface area contributed by atoms with Gasteiger partial charge in [0.25, 0.3) is 0 Å². The molecule has 2 aromatic heterocycles. The highest BCUT2D eigenvalue weighted by atomic mass is 19.4. The Morgan fingerprint density at radius 1 is 1.09 bits per heavy atom. The Labute approximate surface area is 201 Å². The van der Waals surface area contributed by atoms with Crippen molar-refractivity contribution in [2.45, 2.75) is 50.7 Å². The minimum absolute atomic E-state index is 0.0784. The molecule has 2 aliphatic heterocycles. The average molecular weight is 498 g/mol. The van der Waals surface area contributed by atoms with E-state index in [1.807, 2.05) is 0 Å². The number of anilines is 2. The van der Waals surface area contributed by atoms with Gasteiger partial charge in [-0.15, -0.1) is 0 Å². The van der Waals surface area contributed by atoms with Gasteiger partial charge in [-0.3, -0.25) is 14.7 Å². The molecule has 12 heteroatoms. The van der Waals surface area contributed by atoms with Crippen LogP contribution in [0.25, 0.3) is 0 Å². The number of amides is 1. The van der Waals surface area contributed by atoms with Crippen LogP contribution in [-0.2, 0) is 11.0 Å². The van der Waals surface area contributed by atoms with Gasteiger partial charge in [-0.2, -0.15) is 17.6 Å². The van der Waals surface area contributed by atoms with Gasteiger partial charge < -0.3 is 16.0 Å². The fourth-order valence-corrected chi connectivity index (χ4v) is 4.34. The number of pyridine rings is 1. The number of carbonyl (C=O) groups is 1. The number of nitrogens with two attached hydrogens (primary N) is 1. The number of carbonyl (C=O) groups excluding carboxylic acids is 1. The van der Waals surface area contributed by atoms with Crippen molar-refractivity contribution in [2.75, 3.05) is 43.4 Å². The lowest BCUT2D eigenvalue weighted by Gasteiger charge is -2.36. The van der Waals surface area contributed by atoms with Gasteiger partial charge >= 0.3 is 6.18 Å². The molecule has 4 rings (SSSR count). The highest BCUT2D eigenvalue weighted by Crippen LogP contribution is 2.36. The first kappa shape index (κ1) is 26.6. The molecule has 0 spiro atoms. The van der Waals surface area contributed by atoms with E-state index in [1.165, 1.54) is 31.7 Å². The molecule has 0 radical (unpaired) electrons. The fraction of sp³-hybridized carbons (Fsp3) is 0.565. The fourth-order valence-electron chi connectivity index (χ4n) is 4.34. The highest BCUT2D eigenvalue weighted by molar-refractivity contribution is 5.75. The lowest BCUT2D eigenvalue weighted by Crippen LogP contribution is -2.37. The van der Waals surface area contributed by atoms with E-state index in [-0.39, 0.29) is 23.6 Å². The van der Waals surface area contributed by atoms with Crippen molar-refractivity contribution in [1.82, 2.24) is 19.9 Å². The molecule has 192 valence electrons. The Hall–Kier alpha value is -3.02. The van der Waals surface area contributed by atoms with E-state index in [4.69, 9.17) is 5.73 Å². The molecular formula is C23H31F4N7O. The monoisotopic (exact) mass is 497 g/mol. The molecule has 2 fully saturated rings. The summed E-state index contributed by atoms with van der Waals surface area (Å²) in [5, 5.41) is 2.66. The Kier molecular flexibility index (Phi) is 9.19. The molecule has 0 aromatic carbocycles. The largest absolute Gasteiger partial charge is 0.417 e. The van der Waals surface area contributed by atoms with Crippen molar-refractivity contribution in [3.8, 4) is 0 Å². The van der Waals surface area contributed by atoms with E-state index in [2.05, 4.69) is 25.2 Å². The zero-order valence-corrected chi connectivity index (χ0v) is 19.7. The molecule has 1 atom stereocenters. The van der Waals surface area contributed by atoms with Gasteiger partial charge in [-0.05, 0) is 57.3 Å². The number of halogens is 4. The highest BCUT2D eigenvalue weighted by Gasteiger charge is 2.33. The number of rotatable bonds is 5. The van der Waals surface area contributed by atoms with E-state index in [0.717, 1.165) is 38.2 Å². The number of hydrogen-bond acceptors (Lipinski definition) is 7. The van der Waals surface area contributed by atoms with Crippen molar-refractivity contribution < 1.29 is 22.4 Å². The first-order valence-corrected chi connectivity index (χ1v) is 11.7. The molecule has 3 N–H and O–H groups in total. The third kappa shape index (κ3) is 7.23. The standard InChI is InChI=1S/C16H17F4N5.C7H14N2O/c1-21-14-13(17)15(24-9-23-14)25-7-3-2-4-12(25)11-6-5-10(8-22-11)16(18,19)20;8-7(10)6-9-4-2-1-3-5-9/h5-6,8-9,12H,2-4,7H2,1H3,(H,21,23,24);1-6H2,(H2,8,10). The molecule has 1 amide bonds. The molecule has 0 bridgehead atoms. The topological polar surface area (TPSA) is 100 Å². The molecule has 1 unspecified atom stereocenters. The van der Waals surface area contributed by atoms with Crippen molar-refractivity contribution in [1.29, 1.82) is 0 Å². The molecular weight excluding hydrogens is 466 g/mol. The molecule has 2 aromatic rings. The van der Waals surface area contributed by atoms with Crippen LogP contribution in [0.2, 0.25) is 0 Å². The van der Waals surface area contributed by atoms with E-state index in [9.17, 15) is 22.4 Å². The van der Waals surface area contributed by atoms with E-state index < -0.39 is 17.6 Å². The van der Waals surface area contributed by atoms with Gasteiger partial charge in [0.05, 0.1) is 23.8 Å². The van der Waals surface area contributed by atoms with E-state index >= 15 is 0 Å². The van der Waals surface area contributed by atoms with Crippen LogP contribution >= 0.6 is 0 Å². The maximum absolute atomic E-state index is 14.6. The Bertz CT molecular complexity index is 965. The van der Waals surface area contributed by atoms with Gasteiger partial charge in [0, 0.05) is 19.8 Å². The molecule has 35 heavy (non-hydrogen) atoms. The van der Waals surface area contributed by atoms with Crippen LogP contribution in [0.1, 0.15) is 55.8 Å². The van der Waals surface area contributed by atoms with Crippen LogP contribution in [0.3, 0.4) is 0 Å². The number of hydrogen-bond donors (Lipinski definition) is 2. The number of aromatic nitrogens is 3. The summed E-state index contributed by atoms with van der Waals surface area (Å²) in [7, 11) is 1.56. The second-order valence-electron chi connectivity index (χ2n) is 8.59. The van der Waals surface area contributed by atoms with Crippen LogP contribution in [0, 0.1) is 5.82 Å². The van der Waals surface area contributed by atoms with Crippen LogP contribution in [0.15, 0.2) is 24.7 Å². The summed E-state index contributed by atoms with van der Waals surface area (Å²) in [6.45, 7) is 3.08. The number of primary amides is 1. The molecule has 0 saturated carbocycles. The van der Waals surface area contributed by atoms with Crippen LogP contribution in [0.5, 0.6) is 0 Å². The number of nitrogens with zero attached hydrogens (tertiary/aromatic N) is 5. The quantitative estimate of drug-likeness (QED) is 0.607. The Morgan fingerprint density at radius 3 is 2.40 bits per heavy atom. The van der Waals surface area contributed by atoms with Gasteiger partial charge in [0.1, 0.15) is 6.33 Å². The Balaban J connectivity index is 0.000000287. The third-order valence-corrected chi connectivity index (χ3v) is 6.07. The van der Waals surface area contributed by atoms with Gasteiger partial charge in [0.15, 0.2) is 11.6 Å². The molecule has 4 heterocycles. The average Bonchev–Trinajstić information content (AvgIpc) is 2.84. The number of likely N-dealkylation sites (tertiary alicyclic amines) is 1. The van der Waals surface area contributed by atoms with Crippen molar-refractivity contribution in [3.05, 3.63) is 41.7 Å². The maximum Gasteiger partial charge on any atom is 0.417 e. The van der Waals surface area contributed by atoms with Crippen LogP contribution < -0.4 is 16.0 Å². The third-order valence-electron chi connectivity index (χ3n) is 6.07. The maximum atomic E-state index is 14.6. The van der Waals surface area contributed by atoms with Crippen LogP contribution in [0.4, 0.5) is 29.2 Å². The van der Waals surface area contributed by atoms with E-state index in [1.54, 1.807) is 11.9 Å².